The zero-order chi connectivity index (χ0) is 19.1. The van der Waals surface area contributed by atoms with E-state index < -0.39 is 17.4 Å². The summed E-state index contributed by atoms with van der Waals surface area (Å²) < 4.78 is 0. The molecule has 1 aromatic carbocycles. The summed E-state index contributed by atoms with van der Waals surface area (Å²) in [4.78, 5) is 39.5. The van der Waals surface area contributed by atoms with E-state index in [1.807, 2.05) is 32.0 Å². The van der Waals surface area contributed by atoms with Crippen LogP contribution >= 0.6 is 0 Å². The third kappa shape index (κ3) is 3.02. The van der Waals surface area contributed by atoms with E-state index in [1.165, 1.54) is 0 Å². The second kappa shape index (κ2) is 6.63. The molecule has 26 heavy (non-hydrogen) atoms. The topological polar surface area (TPSA) is 90.0 Å². The first-order valence-electron chi connectivity index (χ1n) is 8.87. The maximum absolute atomic E-state index is 12.6. The highest BCUT2D eigenvalue weighted by molar-refractivity contribution is 5.91. The minimum Gasteiger partial charge on any atom is -0.481 e. The lowest BCUT2D eigenvalue weighted by Gasteiger charge is -2.45. The van der Waals surface area contributed by atoms with Gasteiger partial charge in [-0.25, -0.2) is 4.79 Å². The number of anilines is 1. The number of nitrogens with one attached hydrogen (secondary N) is 1. The maximum Gasteiger partial charge on any atom is 0.321 e. The smallest absolute Gasteiger partial charge is 0.321 e. The molecule has 7 nitrogen and oxygen atoms in total. The fourth-order valence-electron chi connectivity index (χ4n) is 4.23. The van der Waals surface area contributed by atoms with Crippen molar-refractivity contribution in [3.05, 3.63) is 29.3 Å². The number of carboxylic acids is 1. The molecule has 2 aliphatic rings. The molecule has 2 fully saturated rings. The molecule has 1 spiro atoms. The van der Waals surface area contributed by atoms with Crippen LogP contribution in [0.15, 0.2) is 18.2 Å². The van der Waals surface area contributed by atoms with E-state index in [4.69, 9.17) is 0 Å². The van der Waals surface area contributed by atoms with Crippen molar-refractivity contribution in [2.24, 2.45) is 5.92 Å². The van der Waals surface area contributed by atoms with Crippen LogP contribution in [0.25, 0.3) is 0 Å². The molecule has 1 atom stereocenters. The van der Waals surface area contributed by atoms with Gasteiger partial charge in [-0.2, -0.15) is 0 Å². The largest absolute Gasteiger partial charge is 0.481 e. The molecule has 2 aliphatic heterocycles. The van der Waals surface area contributed by atoms with Crippen molar-refractivity contribution >= 4 is 23.6 Å². The number of benzene rings is 1. The summed E-state index contributed by atoms with van der Waals surface area (Å²) in [5.74, 6) is -1.77. The van der Waals surface area contributed by atoms with Crippen molar-refractivity contribution in [3.8, 4) is 0 Å². The quantitative estimate of drug-likeness (QED) is 0.847. The molecule has 3 amide bonds. The maximum atomic E-state index is 12.6. The minimum absolute atomic E-state index is 0.0423. The molecule has 2 N–H and O–H groups in total. The van der Waals surface area contributed by atoms with Crippen LogP contribution in [-0.2, 0) is 9.59 Å². The molecule has 1 aromatic rings. The number of carbonyl (C=O) groups excluding carboxylic acids is 2. The van der Waals surface area contributed by atoms with Crippen LogP contribution in [0, 0.1) is 19.8 Å². The lowest BCUT2D eigenvalue weighted by atomic mass is 9.77. The predicted molar refractivity (Wildman–Crippen MR) is 97.0 cm³/mol. The molecule has 7 heteroatoms. The van der Waals surface area contributed by atoms with Crippen LogP contribution in [0.4, 0.5) is 10.5 Å². The van der Waals surface area contributed by atoms with Crippen molar-refractivity contribution in [3.63, 3.8) is 0 Å². The number of aryl methyl sites for hydroxylation is 2. The number of piperidine rings is 1. The monoisotopic (exact) mass is 359 g/mol. The number of hydrogen-bond donors (Lipinski definition) is 2. The van der Waals surface area contributed by atoms with Crippen LogP contribution in [0.5, 0.6) is 0 Å². The molecule has 0 radical (unpaired) electrons. The molecule has 2 saturated heterocycles. The SMILES string of the molecule is Cc1ccc(NC(=O)N2CCC3(CC2)C(C(=O)O)CC(=O)N3C)c(C)c1. The molecular formula is C19H25N3O4. The minimum atomic E-state index is -0.934. The summed E-state index contributed by atoms with van der Waals surface area (Å²) >= 11 is 0. The zero-order valence-electron chi connectivity index (χ0n) is 15.4. The normalized spacial score (nSPS) is 22.0. The molecule has 0 saturated carbocycles. The standard InChI is InChI=1S/C19H25N3O4/c1-12-4-5-15(13(2)10-12)20-18(26)22-8-6-19(7-9-22)14(17(24)25)11-16(23)21(19)3/h4-5,10,14H,6-9,11H2,1-3H3,(H,20,26)(H,24,25). The van der Waals surface area contributed by atoms with Gasteiger partial charge in [0.2, 0.25) is 5.91 Å². The molecule has 0 bridgehead atoms. The number of hydrogen-bond acceptors (Lipinski definition) is 3. The van der Waals surface area contributed by atoms with Crippen molar-refractivity contribution in [1.82, 2.24) is 9.80 Å². The van der Waals surface area contributed by atoms with E-state index in [0.29, 0.717) is 25.9 Å². The third-order valence-electron chi connectivity index (χ3n) is 5.91. The van der Waals surface area contributed by atoms with Crippen molar-refractivity contribution in [2.75, 3.05) is 25.5 Å². The molecule has 140 valence electrons. The van der Waals surface area contributed by atoms with Gasteiger partial charge in [0, 0.05) is 32.2 Å². The van der Waals surface area contributed by atoms with Crippen LogP contribution < -0.4 is 5.32 Å². The van der Waals surface area contributed by atoms with Crippen LogP contribution in [-0.4, -0.2) is 58.5 Å². The van der Waals surface area contributed by atoms with Gasteiger partial charge in [0.15, 0.2) is 0 Å². The Morgan fingerprint density at radius 3 is 2.46 bits per heavy atom. The lowest BCUT2D eigenvalue weighted by Crippen LogP contribution is -2.57. The fourth-order valence-corrected chi connectivity index (χ4v) is 4.23. The molecule has 0 aliphatic carbocycles. The summed E-state index contributed by atoms with van der Waals surface area (Å²) in [6.45, 7) is 4.81. The van der Waals surface area contributed by atoms with E-state index >= 15 is 0 Å². The highest BCUT2D eigenvalue weighted by atomic mass is 16.4. The summed E-state index contributed by atoms with van der Waals surface area (Å²) in [5, 5.41) is 12.4. The van der Waals surface area contributed by atoms with Gasteiger partial charge in [-0.1, -0.05) is 17.7 Å². The molecule has 1 unspecified atom stereocenters. The predicted octanol–water partition coefficient (Wildman–Crippen LogP) is 2.23. The summed E-state index contributed by atoms with van der Waals surface area (Å²) in [5.41, 5.74) is 2.23. The molecular weight excluding hydrogens is 334 g/mol. The molecule has 0 aromatic heterocycles. The molecule has 3 rings (SSSR count). The average Bonchev–Trinajstić information content (AvgIpc) is 2.83. The highest BCUT2D eigenvalue weighted by Crippen LogP contribution is 2.42. The van der Waals surface area contributed by atoms with Gasteiger partial charge in [0.05, 0.1) is 11.5 Å². The number of nitrogens with zero attached hydrogens (tertiary/aromatic N) is 2. The Morgan fingerprint density at radius 1 is 1.23 bits per heavy atom. The number of rotatable bonds is 2. The Hall–Kier alpha value is -2.57. The Labute approximate surface area is 153 Å². The van der Waals surface area contributed by atoms with Gasteiger partial charge in [0.1, 0.15) is 0 Å². The van der Waals surface area contributed by atoms with Crippen molar-refractivity contribution in [2.45, 2.75) is 38.6 Å². The average molecular weight is 359 g/mol. The summed E-state index contributed by atoms with van der Waals surface area (Å²) in [6.07, 6.45) is 1.000. The van der Waals surface area contributed by atoms with Crippen LogP contribution in [0.3, 0.4) is 0 Å². The highest BCUT2D eigenvalue weighted by Gasteiger charge is 2.55. The molecule has 2 heterocycles. The van der Waals surface area contributed by atoms with E-state index in [9.17, 15) is 19.5 Å². The Morgan fingerprint density at radius 2 is 1.88 bits per heavy atom. The first-order valence-corrected chi connectivity index (χ1v) is 8.87. The van der Waals surface area contributed by atoms with Crippen molar-refractivity contribution in [1.29, 1.82) is 0 Å². The Kier molecular flexibility index (Phi) is 4.64. The number of likely N-dealkylation sites (tertiary alicyclic amines) is 2. The van der Waals surface area contributed by atoms with Crippen LogP contribution in [0.2, 0.25) is 0 Å². The number of carboxylic acid groups (broad SMARTS) is 1. The lowest BCUT2D eigenvalue weighted by molar-refractivity contribution is -0.145. The Balaban J connectivity index is 1.68. The van der Waals surface area contributed by atoms with E-state index in [1.54, 1.807) is 16.8 Å². The zero-order valence-corrected chi connectivity index (χ0v) is 15.4. The number of aliphatic carboxylic acids is 1. The van der Waals surface area contributed by atoms with Gasteiger partial charge in [-0.3, -0.25) is 9.59 Å². The van der Waals surface area contributed by atoms with Crippen molar-refractivity contribution < 1.29 is 19.5 Å². The van der Waals surface area contributed by atoms with Gasteiger partial charge < -0.3 is 20.2 Å². The van der Waals surface area contributed by atoms with Gasteiger partial charge in [-0.15, -0.1) is 0 Å². The first kappa shape index (κ1) is 18.2. The van der Waals surface area contributed by atoms with E-state index in [0.717, 1.165) is 16.8 Å². The summed E-state index contributed by atoms with van der Waals surface area (Å²) in [7, 11) is 1.68. The number of carbonyl (C=O) groups is 3. The van der Waals surface area contributed by atoms with E-state index in [2.05, 4.69) is 5.32 Å². The number of urea groups is 1. The van der Waals surface area contributed by atoms with Gasteiger partial charge >= 0.3 is 12.0 Å². The fraction of sp³-hybridized carbons (Fsp3) is 0.526. The Bertz CT molecular complexity index is 753. The number of amides is 3. The third-order valence-corrected chi connectivity index (χ3v) is 5.91. The summed E-state index contributed by atoms with van der Waals surface area (Å²) in [6, 6.07) is 5.66. The van der Waals surface area contributed by atoms with E-state index in [-0.39, 0.29) is 18.4 Å². The first-order chi connectivity index (χ1) is 12.2. The van der Waals surface area contributed by atoms with Gasteiger partial charge in [0.25, 0.3) is 0 Å². The van der Waals surface area contributed by atoms with Crippen LogP contribution in [0.1, 0.15) is 30.4 Å². The second-order valence-electron chi connectivity index (χ2n) is 7.39. The van der Waals surface area contributed by atoms with Gasteiger partial charge in [-0.05, 0) is 38.3 Å². The second-order valence-corrected chi connectivity index (χ2v) is 7.39.